The number of nitrogens with zero attached hydrogens (tertiary/aromatic N) is 3. The molecular formula is C20H26ClN3O3S2. The zero-order valence-corrected chi connectivity index (χ0v) is 19.1. The maximum absolute atomic E-state index is 12.4. The number of amidine groups is 1. The summed E-state index contributed by atoms with van der Waals surface area (Å²) >= 11 is 7.75. The fourth-order valence-electron chi connectivity index (χ4n) is 4.16. The van der Waals surface area contributed by atoms with Crippen LogP contribution in [-0.2, 0) is 14.6 Å². The number of aliphatic imine (C=N–C) groups is 1. The normalized spacial score (nSPS) is 27.7. The molecule has 2 atom stereocenters. The quantitative estimate of drug-likeness (QED) is 0.693. The zero-order chi connectivity index (χ0) is 20.8. The summed E-state index contributed by atoms with van der Waals surface area (Å²) in [6.07, 6.45) is 3.45. The second-order valence-corrected chi connectivity index (χ2v) is 12.0. The molecule has 1 aromatic rings. The van der Waals surface area contributed by atoms with Gasteiger partial charge in [0.05, 0.1) is 28.9 Å². The van der Waals surface area contributed by atoms with Crippen molar-refractivity contribution in [1.29, 1.82) is 0 Å². The molecule has 29 heavy (non-hydrogen) atoms. The molecule has 3 aliphatic heterocycles. The molecule has 0 radical (unpaired) electrons. The van der Waals surface area contributed by atoms with E-state index in [-0.39, 0.29) is 34.6 Å². The van der Waals surface area contributed by atoms with Crippen LogP contribution in [0.4, 0.5) is 11.4 Å². The van der Waals surface area contributed by atoms with Crippen LogP contribution in [0.3, 0.4) is 0 Å². The molecule has 0 unspecified atom stereocenters. The van der Waals surface area contributed by atoms with Gasteiger partial charge in [-0.1, -0.05) is 37.2 Å². The molecule has 9 heteroatoms. The largest absolute Gasteiger partial charge is 0.370 e. The van der Waals surface area contributed by atoms with Gasteiger partial charge in [0.1, 0.15) is 0 Å². The van der Waals surface area contributed by atoms with Crippen molar-refractivity contribution in [3.8, 4) is 0 Å². The van der Waals surface area contributed by atoms with Crippen molar-refractivity contribution in [3.63, 3.8) is 0 Å². The minimum Gasteiger partial charge on any atom is -0.370 e. The van der Waals surface area contributed by atoms with E-state index in [1.54, 1.807) is 0 Å². The second-order valence-electron chi connectivity index (χ2n) is 8.24. The highest BCUT2D eigenvalue weighted by atomic mass is 35.5. The van der Waals surface area contributed by atoms with E-state index in [1.165, 1.54) is 18.2 Å². The summed E-state index contributed by atoms with van der Waals surface area (Å²) in [5.41, 5.74) is 1.89. The number of sulfone groups is 1. The number of carbonyl (C=O) groups excluding carboxylic acids is 1. The Kier molecular flexibility index (Phi) is 5.88. The van der Waals surface area contributed by atoms with Crippen molar-refractivity contribution in [1.82, 2.24) is 0 Å². The van der Waals surface area contributed by atoms with Crippen LogP contribution >= 0.6 is 23.4 Å². The van der Waals surface area contributed by atoms with Crippen LogP contribution in [0.2, 0.25) is 5.02 Å². The Hall–Kier alpha value is -1.25. The number of halogens is 1. The van der Waals surface area contributed by atoms with Gasteiger partial charge in [0, 0.05) is 29.3 Å². The molecule has 3 heterocycles. The summed E-state index contributed by atoms with van der Waals surface area (Å²) in [7, 11) is -3.10. The molecule has 0 saturated carbocycles. The molecule has 158 valence electrons. The minimum atomic E-state index is -3.10. The number of piperidine rings is 1. The number of thioether (sulfide) groups is 1. The lowest BCUT2D eigenvalue weighted by atomic mass is 10.1. The molecule has 1 amide bonds. The molecule has 0 N–H and O–H groups in total. The van der Waals surface area contributed by atoms with Gasteiger partial charge >= 0.3 is 0 Å². The third-order valence-corrected chi connectivity index (χ3v) is 9.10. The summed E-state index contributed by atoms with van der Waals surface area (Å²) in [6, 6.07) is 5.50. The Balaban J connectivity index is 1.79. The fourth-order valence-corrected chi connectivity index (χ4v) is 8.24. The molecule has 0 spiro atoms. The van der Waals surface area contributed by atoms with Gasteiger partial charge in [-0.25, -0.2) is 8.42 Å². The number of rotatable bonds is 3. The first-order valence-corrected chi connectivity index (χ1v) is 13.2. The highest BCUT2D eigenvalue weighted by Crippen LogP contribution is 2.45. The van der Waals surface area contributed by atoms with E-state index in [1.807, 2.05) is 36.9 Å². The predicted octanol–water partition coefficient (Wildman–Crippen LogP) is 3.59. The van der Waals surface area contributed by atoms with Gasteiger partial charge in [-0.3, -0.25) is 4.79 Å². The number of hydrogen-bond donors (Lipinski definition) is 0. The van der Waals surface area contributed by atoms with Crippen LogP contribution in [0.5, 0.6) is 0 Å². The van der Waals surface area contributed by atoms with E-state index in [0.29, 0.717) is 10.2 Å². The van der Waals surface area contributed by atoms with Gasteiger partial charge in [0.2, 0.25) is 0 Å². The van der Waals surface area contributed by atoms with Gasteiger partial charge in [0.25, 0.3) is 5.91 Å². The number of amides is 1. The Labute approximate surface area is 181 Å². The summed E-state index contributed by atoms with van der Waals surface area (Å²) in [5, 5.41) is 1.14. The number of fused-ring (bicyclic) bond motifs is 1. The van der Waals surface area contributed by atoms with Crippen LogP contribution in [0.25, 0.3) is 0 Å². The molecule has 6 nitrogen and oxygen atoms in total. The van der Waals surface area contributed by atoms with E-state index in [2.05, 4.69) is 9.89 Å². The molecular weight excluding hydrogens is 430 g/mol. The highest BCUT2D eigenvalue weighted by molar-refractivity contribution is 8.16. The van der Waals surface area contributed by atoms with E-state index in [4.69, 9.17) is 11.6 Å². The molecule has 0 bridgehead atoms. The summed E-state index contributed by atoms with van der Waals surface area (Å²) in [4.78, 5) is 21.1. The van der Waals surface area contributed by atoms with E-state index >= 15 is 0 Å². The minimum absolute atomic E-state index is 0.0849. The topological polar surface area (TPSA) is 70.0 Å². The van der Waals surface area contributed by atoms with Crippen LogP contribution in [-0.4, -0.2) is 55.4 Å². The first kappa shape index (κ1) is 21.0. The summed E-state index contributed by atoms with van der Waals surface area (Å²) in [5.74, 6) is -0.183. The Bertz CT molecular complexity index is 942. The zero-order valence-electron chi connectivity index (χ0n) is 16.7. The number of hydrogen-bond acceptors (Lipinski definition) is 5. The van der Waals surface area contributed by atoms with Crippen molar-refractivity contribution in [2.75, 3.05) is 34.4 Å². The third kappa shape index (κ3) is 4.30. The van der Waals surface area contributed by atoms with Gasteiger partial charge in [-0.15, -0.1) is 0 Å². The van der Waals surface area contributed by atoms with Crippen LogP contribution in [0.15, 0.2) is 23.2 Å². The van der Waals surface area contributed by atoms with Crippen molar-refractivity contribution in [2.24, 2.45) is 10.9 Å². The predicted molar refractivity (Wildman–Crippen MR) is 121 cm³/mol. The first-order valence-electron chi connectivity index (χ1n) is 10.1. The van der Waals surface area contributed by atoms with Crippen LogP contribution in [0.1, 0.15) is 33.1 Å². The Morgan fingerprint density at radius 1 is 1.17 bits per heavy atom. The standard InChI is InChI=1S/C20H26ClN3O3S2/c1-13(2)19(25)22-20-24(17-11-29(26,27)12-18(17)28-20)15-7-6-14(21)10-16(15)23-8-4-3-5-9-23/h6-7,10,13,17-18H,3-5,8-9,11-12H2,1-2H3/t17-,18-/m1/s1. The van der Waals surface area contributed by atoms with Crippen LogP contribution in [0, 0.1) is 5.92 Å². The number of carbonyl (C=O) groups is 1. The smallest absolute Gasteiger partial charge is 0.250 e. The number of anilines is 2. The maximum atomic E-state index is 12.4. The second kappa shape index (κ2) is 8.12. The van der Waals surface area contributed by atoms with Crippen LogP contribution < -0.4 is 9.80 Å². The van der Waals surface area contributed by atoms with Crippen molar-refractivity contribution >= 4 is 55.6 Å². The third-order valence-electron chi connectivity index (χ3n) is 5.66. The van der Waals surface area contributed by atoms with E-state index in [9.17, 15) is 13.2 Å². The Morgan fingerprint density at radius 3 is 2.59 bits per heavy atom. The molecule has 4 rings (SSSR count). The Morgan fingerprint density at radius 2 is 1.90 bits per heavy atom. The molecule has 0 aliphatic carbocycles. The average Bonchev–Trinajstić information content (AvgIpc) is 3.13. The summed E-state index contributed by atoms with van der Waals surface area (Å²) in [6.45, 7) is 5.53. The van der Waals surface area contributed by atoms with Gasteiger partial charge in [0.15, 0.2) is 15.0 Å². The first-order chi connectivity index (χ1) is 13.7. The van der Waals surface area contributed by atoms with E-state index < -0.39 is 9.84 Å². The SMILES string of the molecule is CC(C)C(=O)N=C1S[C@@H]2CS(=O)(=O)C[C@H]2N1c1ccc(Cl)cc1N1CCCCC1. The molecule has 0 aromatic heterocycles. The fraction of sp³-hybridized carbons (Fsp3) is 0.600. The van der Waals surface area contributed by atoms with E-state index in [0.717, 1.165) is 37.3 Å². The van der Waals surface area contributed by atoms with Gasteiger partial charge in [-0.05, 0) is 37.5 Å². The van der Waals surface area contributed by atoms with Gasteiger partial charge in [-0.2, -0.15) is 4.99 Å². The molecule has 3 fully saturated rings. The highest BCUT2D eigenvalue weighted by Gasteiger charge is 2.50. The van der Waals surface area contributed by atoms with Crippen molar-refractivity contribution < 1.29 is 13.2 Å². The van der Waals surface area contributed by atoms with Gasteiger partial charge < -0.3 is 9.80 Å². The van der Waals surface area contributed by atoms with Crippen molar-refractivity contribution in [2.45, 2.75) is 44.4 Å². The maximum Gasteiger partial charge on any atom is 0.250 e. The lowest BCUT2D eigenvalue weighted by molar-refractivity contribution is -0.120. The number of benzene rings is 1. The lowest BCUT2D eigenvalue weighted by Crippen LogP contribution is -2.40. The summed E-state index contributed by atoms with van der Waals surface area (Å²) < 4.78 is 24.6. The molecule has 1 aromatic carbocycles. The lowest BCUT2D eigenvalue weighted by Gasteiger charge is -2.34. The molecule has 3 saturated heterocycles. The average molecular weight is 456 g/mol. The molecule has 3 aliphatic rings. The van der Waals surface area contributed by atoms with Crippen molar-refractivity contribution in [3.05, 3.63) is 23.2 Å². The monoisotopic (exact) mass is 455 g/mol.